The van der Waals surface area contributed by atoms with E-state index < -0.39 is 10.8 Å². The number of aryl methyl sites for hydroxylation is 2. The third kappa shape index (κ3) is 2.68. The first-order valence-corrected chi connectivity index (χ1v) is 5.96. The highest BCUT2D eigenvalue weighted by Crippen LogP contribution is 2.22. The van der Waals surface area contributed by atoms with Gasteiger partial charge in [0.25, 0.3) is 0 Å². The van der Waals surface area contributed by atoms with E-state index in [1.54, 1.807) is 0 Å². The van der Waals surface area contributed by atoms with Gasteiger partial charge in [-0.1, -0.05) is 6.07 Å². The Hall–Kier alpha value is -0.630. The van der Waals surface area contributed by atoms with Gasteiger partial charge < -0.3 is 0 Å². The van der Waals surface area contributed by atoms with Gasteiger partial charge in [0.2, 0.25) is 0 Å². The Morgan fingerprint density at radius 2 is 1.43 bits per heavy atom. The molecular weight excluding hydrogens is 192 g/mol. The van der Waals surface area contributed by atoms with E-state index in [2.05, 4.69) is 6.07 Å². The largest absolute Gasteiger partial charge is 0.254 e. The summed E-state index contributed by atoms with van der Waals surface area (Å²) in [6, 6.07) is 6.12. The number of hydrogen-bond donors (Lipinski definition) is 0. The highest BCUT2D eigenvalue weighted by molar-refractivity contribution is 7.86. The van der Waals surface area contributed by atoms with E-state index in [-0.39, 0.29) is 4.75 Å². The Kier molecular flexibility index (Phi) is 3.15. The predicted octanol–water partition coefficient (Wildman–Crippen LogP) is 3.21. The summed E-state index contributed by atoms with van der Waals surface area (Å²) in [5.41, 5.74) is 2.36. The Labute approximate surface area is 89.0 Å². The zero-order valence-electron chi connectivity index (χ0n) is 9.55. The first kappa shape index (κ1) is 11.4. The molecule has 0 saturated heterocycles. The average Bonchev–Trinajstić information content (AvgIpc) is 1.99. The maximum Gasteiger partial charge on any atom is 0.0583 e. The molecule has 1 nitrogen and oxygen atoms in total. The lowest BCUT2D eigenvalue weighted by molar-refractivity contribution is 0.649. The van der Waals surface area contributed by atoms with E-state index >= 15 is 0 Å². The maximum absolute atomic E-state index is 12.1. The van der Waals surface area contributed by atoms with Crippen LogP contribution in [0.2, 0.25) is 0 Å². The van der Waals surface area contributed by atoms with Crippen molar-refractivity contribution in [3.8, 4) is 0 Å². The van der Waals surface area contributed by atoms with Crippen LogP contribution in [0.15, 0.2) is 23.1 Å². The normalized spacial score (nSPS) is 14.1. The summed E-state index contributed by atoms with van der Waals surface area (Å²) in [6.07, 6.45) is 0. The minimum absolute atomic E-state index is 0.180. The predicted molar refractivity (Wildman–Crippen MR) is 62.1 cm³/mol. The first-order valence-electron chi connectivity index (χ1n) is 4.81. The van der Waals surface area contributed by atoms with Gasteiger partial charge in [-0.05, 0) is 57.9 Å². The van der Waals surface area contributed by atoms with Crippen molar-refractivity contribution in [2.45, 2.75) is 44.3 Å². The summed E-state index contributed by atoms with van der Waals surface area (Å²) in [7, 11) is -0.921. The third-order valence-electron chi connectivity index (χ3n) is 1.97. The summed E-state index contributed by atoms with van der Waals surface area (Å²) in [5, 5.41) is 0. The van der Waals surface area contributed by atoms with Crippen LogP contribution in [-0.2, 0) is 10.8 Å². The van der Waals surface area contributed by atoms with E-state index in [1.807, 2.05) is 46.8 Å². The summed E-state index contributed by atoms with van der Waals surface area (Å²) >= 11 is 0. The van der Waals surface area contributed by atoms with E-state index in [4.69, 9.17) is 0 Å². The zero-order valence-corrected chi connectivity index (χ0v) is 10.4. The van der Waals surface area contributed by atoms with Crippen molar-refractivity contribution in [1.82, 2.24) is 0 Å². The van der Waals surface area contributed by atoms with Crippen LogP contribution < -0.4 is 0 Å². The highest BCUT2D eigenvalue weighted by atomic mass is 32.2. The molecule has 0 heterocycles. The van der Waals surface area contributed by atoms with Crippen molar-refractivity contribution in [2.24, 2.45) is 0 Å². The van der Waals surface area contributed by atoms with Crippen LogP contribution in [0.25, 0.3) is 0 Å². The van der Waals surface area contributed by atoms with Gasteiger partial charge in [0, 0.05) is 9.64 Å². The molecule has 0 aliphatic heterocycles. The van der Waals surface area contributed by atoms with Crippen LogP contribution in [0.3, 0.4) is 0 Å². The molecule has 78 valence electrons. The Balaban J connectivity index is 3.14. The van der Waals surface area contributed by atoms with Gasteiger partial charge in [0.1, 0.15) is 0 Å². The van der Waals surface area contributed by atoms with Gasteiger partial charge in [-0.3, -0.25) is 4.21 Å². The maximum atomic E-state index is 12.1. The summed E-state index contributed by atoms with van der Waals surface area (Å²) in [4.78, 5) is 0.940. The minimum Gasteiger partial charge on any atom is -0.254 e. The second-order valence-electron chi connectivity index (χ2n) is 4.70. The molecule has 0 saturated carbocycles. The second-order valence-corrected chi connectivity index (χ2v) is 6.94. The molecule has 0 aliphatic carbocycles. The van der Waals surface area contributed by atoms with Crippen LogP contribution in [0.5, 0.6) is 0 Å². The van der Waals surface area contributed by atoms with E-state index in [0.717, 1.165) is 4.90 Å². The lowest BCUT2D eigenvalue weighted by Gasteiger charge is -2.18. The fourth-order valence-corrected chi connectivity index (χ4v) is 2.69. The summed E-state index contributed by atoms with van der Waals surface area (Å²) in [6.45, 7) is 10.1. The molecule has 0 aromatic heterocycles. The SMILES string of the molecule is Cc1cc(C)cc(S(=O)C(C)(C)C)c1. The molecule has 0 bridgehead atoms. The van der Waals surface area contributed by atoms with E-state index in [0.29, 0.717) is 0 Å². The minimum atomic E-state index is -0.921. The molecule has 1 unspecified atom stereocenters. The molecule has 0 N–H and O–H groups in total. The summed E-state index contributed by atoms with van der Waals surface area (Å²) in [5.74, 6) is 0. The van der Waals surface area contributed by atoms with Crippen molar-refractivity contribution >= 4 is 10.8 Å². The topological polar surface area (TPSA) is 17.1 Å². The average molecular weight is 210 g/mol. The fraction of sp³-hybridized carbons (Fsp3) is 0.500. The molecule has 1 aromatic rings. The van der Waals surface area contributed by atoms with Gasteiger partial charge in [-0.2, -0.15) is 0 Å². The zero-order chi connectivity index (χ0) is 10.9. The smallest absolute Gasteiger partial charge is 0.0583 e. The fourth-order valence-electron chi connectivity index (χ4n) is 1.39. The molecule has 0 aliphatic rings. The molecule has 1 rings (SSSR count). The van der Waals surface area contributed by atoms with Crippen LogP contribution in [-0.4, -0.2) is 8.96 Å². The first-order chi connectivity index (χ1) is 6.30. The van der Waals surface area contributed by atoms with Crippen molar-refractivity contribution in [3.05, 3.63) is 29.3 Å². The van der Waals surface area contributed by atoms with Crippen molar-refractivity contribution in [3.63, 3.8) is 0 Å². The molecule has 0 spiro atoms. The second kappa shape index (κ2) is 3.85. The number of rotatable bonds is 1. The van der Waals surface area contributed by atoms with Gasteiger partial charge in [-0.15, -0.1) is 0 Å². The standard InChI is InChI=1S/C12H18OS/c1-9-6-10(2)8-11(7-9)14(13)12(3,4)5/h6-8H,1-5H3. The Morgan fingerprint density at radius 3 is 1.79 bits per heavy atom. The van der Waals surface area contributed by atoms with Crippen molar-refractivity contribution in [1.29, 1.82) is 0 Å². The van der Waals surface area contributed by atoms with E-state index in [9.17, 15) is 4.21 Å². The molecule has 14 heavy (non-hydrogen) atoms. The molecule has 0 amide bonds. The van der Waals surface area contributed by atoms with Crippen molar-refractivity contribution in [2.75, 3.05) is 0 Å². The quantitative estimate of drug-likeness (QED) is 0.695. The summed E-state index contributed by atoms with van der Waals surface area (Å²) < 4.78 is 11.9. The molecule has 2 heteroatoms. The highest BCUT2D eigenvalue weighted by Gasteiger charge is 2.21. The lowest BCUT2D eigenvalue weighted by atomic mass is 10.2. The molecule has 0 fully saturated rings. The molecular formula is C12H18OS. The van der Waals surface area contributed by atoms with E-state index in [1.165, 1.54) is 11.1 Å². The van der Waals surface area contributed by atoms with Crippen LogP contribution in [0.4, 0.5) is 0 Å². The van der Waals surface area contributed by atoms with Gasteiger partial charge >= 0.3 is 0 Å². The van der Waals surface area contributed by atoms with Crippen LogP contribution in [0.1, 0.15) is 31.9 Å². The Bertz CT molecular complexity index is 341. The van der Waals surface area contributed by atoms with Gasteiger partial charge in [0.15, 0.2) is 0 Å². The Morgan fingerprint density at radius 1 is 1.00 bits per heavy atom. The number of benzene rings is 1. The molecule has 1 atom stereocenters. The van der Waals surface area contributed by atoms with Gasteiger partial charge in [0.05, 0.1) is 10.8 Å². The van der Waals surface area contributed by atoms with Crippen LogP contribution >= 0.6 is 0 Å². The van der Waals surface area contributed by atoms with Crippen LogP contribution in [0, 0.1) is 13.8 Å². The monoisotopic (exact) mass is 210 g/mol. The van der Waals surface area contributed by atoms with Crippen molar-refractivity contribution < 1.29 is 4.21 Å². The molecule has 0 radical (unpaired) electrons. The number of hydrogen-bond acceptors (Lipinski definition) is 1. The molecule has 1 aromatic carbocycles. The lowest BCUT2D eigenvalue weighted by Crippen LogP contribution is -2.21. The van der Waals surface area contributed by atoms with Gasteiger partial charge in [-0.25, -0.2) is 0 Å². The third-order valence-corrected chi connectivity index (χ3v) is 3.74.